The van der Waals surface area contributed by atoms with E-state index in [9.17, 15) is 5.11 Å². The first-order valence-corrected chi connectivity index (χ1v) is 4.92. The number of rotatable bonds is 1. The van der Waals surface area contributed by atoms with Gasteiger partial charge >= 0.3 is 0 Å². The summed E-state index contributed by atoms with van der Waals surface area (Å²) in [4.78, 5) is 6.00. The van der Waals surface area contributed by atoms with Gasteiger partial charge in [-0.15, -0.1) is 5.10 Å². The summed E-state index contributed by atoms with van der Waals surface area (Å²) < 4.78 is 0. The first-order valence-electron chi connectivity index (χ1n) is 4.54. The fourth-order valence-corrected chi connectivity index (χ4v) is 1.72. The molecule has 0 radical (unpaired) electrons. The number of piperidine rings is 1. The minimum Gasteiger partial charge on any atom is -0.391 e. The summed E-state index contributed by atoms with van der Waals surface area (Å²) in [7, 11) is 0. The SMILES string of the molecule is OC1CCCN(c2cnnc(Cl)n2)C1. The third kappa shape index (κ3) is 2.10. The lowest BCUT2D eigenvalue weighted by molar-refractivity contribution is 0.154. The van der Waals surface area contributed by atoms with Crippen LogP contribution in [-0.2, 0) is 0 Å². The maximum atomic E-state index is 9.47. The smallest absolute Gasteiger partial charge is 0.244 e. The number of nitrogens with zero attached hydrogens (tertiary/aromatic N) is 4. The van der Waals surface area contributed by atoms with E-state index < -0.39 is 0 Å². The Bertz CT molecular complexity index is 322. The van der Waals surface area contributed by atoms with Crippen molar-refractivity contribution in [2.75, 3.05) is 18.0 Å². The second-order valence-corrected chi connectivity index (χ2v) is 3.66. The predicted molar refractivity (Wildman–Crippen MR) is 52.3 cm³/mol. The highest BCUT2D eigenvalue weighted by atomic mass is 35.5. The van der Waals surface area contributed by atoms with Crippen LogP contribution in [0, 0.1) is 0 Å². The Morgan fingerprint density at radius 3 is 3.14 bits per heavy atom. The van der Waals surface area contributed by atoms with Crippen molar-refractivity contribution >= 4 is 17.4 Å². The Labute approximate surface area is 86.7 Å². The molecule has 14 heavy (non-hydrogen) atoms. The molecule has 1 N–H and O–H groups in total. The molecule has 1 aliphatic heterocycles. The normalized spacial score (nSPS) is 22.4. The number of aliphatic hydroxyl groups is 1. The highest BCUT2D eigenvalue weighted by Crippen LogP contribution is 2.17. The second-order valence-electron chi connectivity index (χ2n) is 3.33. The van der Waals surface area contributed by atoms with Gasteiger partial charge in [0.25, 0.3) is 0 Å². The Kier molecular flexibility index (Phi) is 2.79. The molecule has 2 heterocycles. The number of aromatic nitrogens is 3. The minimum atomic E-state index is -0.280. The molecule has 1 aliphatic rings. The fraction of sp³-hybridized carbons (Fsp3) is 0.625. The number of aliphatic hydroxyl groups excluding tert-OH is 1. The van der Waals surface area contributed by atoms with Crippen LogP contribution in [0.4, 0.5) is 5.82 Å². The van der Waals surface area contributed by atoms with Crippen LogP contribution in [0.15, 0.2) is 6.20 Å². The Balaban J connectivity index is 2.14. The van der Waals surface area contributed by atoms with Gasteiger partial charge in [0.1, 0.15) is 0 Å². The van der Waals surface area contributed by atoms with Crippen LogP contribution >= 0.6 is 11.6 Å². The van der Waals surface area contributed by atoms with E-state index in [-0.39, 0.29) is 11.4 Å². The van der Waals surface area contributed by atoms with Crippen molar-refractivity contribution in [1.82, 2.24) is 15.2 Å². The summed E-state index contributed by atoms with van der Waals surface area (Å²) in [6.45, 7) is 1.47. The van der Waals surface area contributed by atoms with Crippen molar-refractivity contribution in [2.45, 2.75) is 18.9 Å². The molecular formula is C8H11ClN4O. The zero-order valence-corrected chi connectivity index (χ0v) is 8.35. The van der Waals surface area contributed by atoms with Crippen LogP contribution < -0.4 is 4.90 Å². The lowest BCUT2D eigenvalue weighted by Crippen LogP contribution is -2.38. The van der Waals surface area contributed by atoms with E-state index in [0.29, 0.717) is 12.4 Å². The second kappa shape index (κ2) is 4.06. The molecule has 6 heteroatoms. The number of hydrogen-bond acceptors (Lipinski definition) is 5. The third-order valence-corrected chi connectivity index (χ3v) is 2.40. The molecule has 1 unspecified atom stereocenters. The molecule has 2 rings (SSSR count). The van der Waals surface area contributed by atoms with Gasteiger partial charge in [-0.05, 0) is 24.4 Å². The summed E-state index contributed by atoms with van der Waals surface area (Å²) in [5.41, 5.74) is 0. The van der Waals surface area contributed by atoms with Gasteiger partial charge in [-0.1, -0.05) is 0 Å². The number of anilines is 1. The van der Waals surface area contributed by atoms with E-state index in [1.165, 1.54) is 0 Å². The van der Waals surface area contributed by atoms with Crippen molar-refractivity contribution in [3.8, 4) is 0 Å². The van der Waals surface area contributed by atoms with Crippen LogP contribution in [0.3, 0.4) is 0 Å². The minimum absolute atomic E-state index is 0.141. The molecule has 76 valence electrons. The van der Waals surface area contributed by atoms with Gasteiger partial charge in [0.2, 0.25) is 5.28 Å². The summed E-state index contributed by atoms with van der Waals surface area (Å²) in [6, 6.07) is 0. The summed E-state index contributed by atoms with van der Waals surface area (Å²) in [5, 5.41) is 16.9. The Hall–Kier alpha value is -0.940. The molecule has 0 amide bonds. The van der Waals surface area contributed by atoms with Gasteiger partial charge in [-0.3, -0.25) is 0 Å². The molecule has 1 aromatic rings. The Morgan fingerprint density at radius 1 is 1.57 bits per heavy atom. The summed E-state index contributed by atoms with van der Waals surface area (Å²) >= 11 is 5.63. The van der Waals surface area contributed by atoms with Gasteiger partial charge in [0.15, 0.2) is 5.82 Å². The number of β-amino-alcohol motifs (C(OH)–C–C–N with tert-alkyl or cyclic N) is 1. The number of hydrogen-bond donors (Lipinski definition) is 1. The average Bonchev–Trinajstić information content (AvgIpc) is 2.18. The molecule has 1 atom stereocenters. The zero-order valence-electron chi connectivity index (χ0n) is 7.60. The van der Waals surface area contributed by atoms with E-state index >= 15 is 0 Å². The molecule has 0 spiro atoms. The monoisotopic (exact) mass is 214 g/mol. The maximum absolute atomic E-state index is 9.47. The first kappa shape index (κ1) is 9.61. The average molecular weight is 215 g/mol. The van der Waals surface area contributed by atoms with Gasteiger partial charge in [-0.2, -0.15) is 10.1 Å². The lowest BCUT2D eigenvalue weighted by Gasteiger charge is -2.30. The van der Waals surface area contributed by atoms with Crippen LogP contribution in [0.2, 0.25) is 5.28 Å². The maximum Gasteiger partial charge on any atom is 0.244 e. The van der Waals surface area contributed by atoms with Crippen LogP contribution in [0.1, 0.15) is 12.8 Å². The van der Waals surface area contributed by atoms with E-state index in [4.69, 9.17) is 11.6 Å². The highest BCUT2D eigenvalue weighted by molar-refractivity contribution is 6.28. The van der Waals surface area contributed by atoms with Crippen molar-refractivity contribution in [2.24, 2.45) is 0 Å². The van der Waals surface area contributed by atoms with Crippen molar-refractivity contribution in [1.29, 1.82) is 0 Å². The van der Waals surface area contributed by atoms with Crippen LogP contribution in [0.25, 0.3) is 0 Å². The molecule has 1 saturated heterocycles. The molecule has 0 aromatic carbocycles. The molecule has 1 fully saturated rings. The highest BCUT2D eigenvalue weighted by Gasteiger charge is 2.19. The molecule has 1 aromatic heterocycles. The van der Waals surface area contributed by atoms with Gasteiger partial charge in [0.05, 0.1) is 12.3 Å². The van der Waals surface area contributed by atoms with Gasteiger partial charge in [0, 0.05) is 13.1 Å². The molecular weight excluding hydrogens is 204 g/mol. The van der Waals surface area contributed by atoms with E-state index in [1.807, 2.05) is 4.90 Å². The quantitative estimate of drug-likeness (QED) is 0.737. The van der Waals surface area contributed by atoms with Crippen LogP contribution in [0.5, 0.6) is 0 Å². The van der Waals surface area contributed by atoms with Crippen LogP contribution in [-0.4, -0.2) is 39.5 Å². The van der Waals surface area contributed by atoms with Gasteiger partial charge in [-0.25, -0.2) is 0 Å². The molecule has 0 aliphatic carbocycles. The van der Waals surface area contributed by atoms with Crippen molar-refractivity contribution in [3.63, 3.8) is 0 Å². The number of halogens is 1. The standard InChI is InChI=1S/C8H11ClN4O/c9-8-11-7(4-10-12-8)13-3-1-2-6(14)5-13/h4,6,14H,1-3,5H2. The molecule has 0 saturated carbocycles. The van der Waals surface area contributed by atoms with E-state index in [0.717, 1.165) is 19.4 Å². The van der Waals surface area contributed by atoms with E-state index in [2.05, 4.69) is 15.2 Å². The zero-order chi connectivity index (χ0) is 9.97. The van der Waals surface area contributed by atoms with Crippen molar-refractivity contribution in [3.05, 3.63) is 11.5 Å². The van der Waals surface area contributed by atoms with Crippen molar-refractivity contribution < 1.29 is 5.11 Å². The topological polar surface area (TPSA) is 62.1 Å². The largest absolute Gasteiger partial charge is 0.391 e. The molecule has 5 nitrogen and oxygen atoms in total. The predicted octanol–water partition coefficient (Wildman–Crippen LogP) is 0.486. The Morgan fingerprint density at radius 2 is 2.43 bits per heavy atom. The fourth-order valence-electron chi connectivity index (χ4n) is 1.59. The lowest BCUT2D eigenvalue weighted by atomic mass is 10.1. The van der Waals surface area contributed by atoms with Gasteiger partial charge < -0.3 is 10.0 Å². The first-order chi connectivity index (χ1) is 6.75. The third-order valence-electron chi connectivity index (χ3n) is 2.24. The summed E-state index contributed by atoms with van der Waals surface area (Å²) in [5.74, 6) is 0.684. The molecule has 0 bridgehead atoms. The van der Waals surface area contributed by atoms with E-state index in [1.54, 1.807) is 6.20 Å². The summed E-state index contributed by atoms with van der Waals surface area (Å²) in [6.07, 6.45) is 3.09.